The summed E-state index contributed by atoms with van der Waals surface area (Å²) in [6.07, 6.45) is 6.34. The van der Waals surface area contributed by atoms with Crippen LogP contribution in [0.5, 0.6) is 0 Å². The summed E-state index contributed by atoms with van der Waals surface area (Å²) >= 11 is 0. The van der Waals surface area contributed by atoms with Gasteiger partial charge in [-0.2, -0.15) is 0 Å². The molecule has 0 aliphatic heterocycles. The van der Waals surface area contributed by atoms with E-state index < -0.39 is 0 Å². The first-order valence-electron chi connectivity index (χ1n) is 3.91. The number of hydrogen-bond acceptors (Lipinski definition) is 0. The topological polar surface area (TPSA) is 0 Å². The Morgan fingerprint density at radius 2 is 1.86 bits per heavy atom. The Morgan fingerprint density at radius 3 is 2.43 bits per heavy atom. The van der Waals surface area contributed by atoms with Gasteiger partial charge in [-0.25, -0.2) is 0 Å². The quantitative estimate of drug-likeness (QED) is 0.477. The second-order valence-corrected chi connectivity index (χ2v) is 1.91. The van der Waals surface area contributed by atoms with E-state index in [0.29, 0.717) is 6.90 Å². The summed E-state index contributed by atoms with van der Waals surface area (Å²) in [4.78, 5) is 0. The molecular weight excluding hydrogens is 84.1 g/mol. The predicted molar refractivity (Wildman–Crippen MR) is 34.4 cm³/mol. The SMILES string of the molecule is [2H]CCCCCCC. The average Bonchev–Trinajstić information content (AvgIpc) is 1.81. The third-order valence-corrected chi connectivity index (χ3v) is 1.10. The lowest BCUT2D eigenvalue weighted by molar-refractivity contribution is 0.656. The maximum atomic E-state index is 6.84. The minimum Gasteiger partial charge on any atom is -0.0654 e. The zero-order valence-corrected chi connectivity index (χ0v) is 5.24. The molecule has 0 aliphatic carbocycles. The molecule has 0 radical (unpaired) electrons. The van der Waals surface area contributed by atoms with E-state index in [1.54, 1.807) is 0 Å². The molecule has 0 atom stereocenters. The molecule has 0 saturated heterocycles. The minimum absolute atomic E-state index is 0.615. The molecule has 0 bridgehead atoms. The van der Waals surface area contributed by atoms with Crippen molar-refractivity contribution in [1.82, 2.24) is 0 Å². The van der Waals surface area contributed by atoms with E-state index >= 15 is 0 Å². The third kappa shape index (κ3) is 6.00. The Kier molecular flexibility index (Phi) is 4.41. The fourth-order valence-electron chi connectivity index (χ4n) is 0.604. The van der Waals surface area contributed by atoms with Crippen LogP contribution in [0.25, 0.3) is 0 Å². The van der Waals surface area contributed by atoms with E-state index in [0.717, 1.165) is 6.42 Å². The van der Waals surface area contributed by atoms with Crippen molar-refractivity contribution in [3.05, 3.63) is 0 Å². The van der Waals surface area contributed by atoms with Gasteiger partial charge in [0.15, 0.2) is 0 Å². The molecule has 0 rings (SSSR count). The van der Waals surface area contributed by atoms with Crippen molar-refractivity contribution in [1.29, 1.82) is 0 Å². The largest absolute Gasteiger partial charge is 0.0654 e. The van der Waals surface area contributed by atoms with E-state index in [1.165, 1.54) is 25.7 Å². The zero-order valence-electron chi connectivity index (χ0n) is 6.24. The Morgan fingerprint density at radius 1 is 1.14 bits per heavy atom. The molecule has 0 aromatic rings. The van der Waals surface area contributed by atoms with Crippen molar-refractivity contribution in [3.8, 4) is 0 Å². The van der Waals surface area contributed by atoms with Crippen LogP contribution in [0.2, 0.25) is 0 Å². The van der Waals surface area contributed by atoms with E-state index in [1.807, 2.05) is 0 Å². The highest BCUT2D eigenvalue weighted by atomic mass is 13.9. The van der Waals surface area contributed by atoms with Crippen molar-refractivity contribution in [2.24, 2.45) is 0 Å². The summed E-state index contributed by atoms with van der Waals surface area (Å²) in [5.74, 6) is 0. The third-order valence-electron chi connectivity index (χ3n) is 1.10. The summed E-state index contributed by atoms with van der Waals surface area (Å²) in [5, 5.41) is 0. The van der Waals surface area contributed by atoms with Crippen LogP contribution in [-0.2, 0) is 0 Å². The van der Waals surface area contributed by atoms with Crippen LogP contribution in [-0.4, -0.2) is 0 Å². The number of hydrogen-bond donors (Lipinski definition) is 0. The van der Waals surface area contributed by atoms with E-state index in [4.69, 9.17) is 1.37 Å². The minimum atomic E-state index is 0.615. The molecule has 0 amide bonds. The second kappa shape index (κ2) is 6.00. The first-order chi connectivity index (χ1) is 3.91. The molecule has 44 valence electrons. The van der Waals surface area contributed by atoms with Gasteiger partial charge in [0.25, 0.3) is 0 Å². The van der Waals surface area contributed by atoms with Gasteiger partial charge in [0.2, 0.25) is 0 Å². The summed E-state index contributed by atoms with van der Waals surface area (Å²) in [6, 6.07) is 0. The molecule has 0 heterocycles. The molecule has 0 N–H and O–H groups in total. The van der Waals surface area contributed by atoms with Crippen LogP contribution in [0.1, 0.15) is 47.3 Å². The fourth-order valence-corrected chi connectivity index (χ4v) is 0.604. The Balaban J connectivity index is 2.53. The van der Waals surface area contributed by atoms with Crippen molar-refractivity contribution in [3.63, 3.8) is 0 Å². The van der Waals surface area contributed by atoms with Crippen LogP contribution < -0.4 is 0 Å². The molecule has 7 heavy (non-hydrogen) atoms. The molecule has 0 fully saturated rings. The highest BCUT2D eigenvalue weighted by molar-refractivity contribution is 4.35. The van der Waals surface area contributed by atoms with Crippen molar-refractivity contribution in [2.75, 3.05) is 0 Å². The molecule has 0 nitrogen and oxygen atoms in total. The fraction of sp³-hybridized carbons (Fsp3) is 1.00. The van der Waals surface area contributed by atoms with Crippen molar-refractivity contribution in [2.45, 2.75) is 45.9 Å². The average molecular weight is 101 g/mol. The maximum Gasteiger partial charge on any atom is 0.0230 e. The molecule has 0 unspecified atom stereocenters. The zero-order chi connectivity index (χ0) is 6.24. The van der Waals surface area contributed by atoms with Crippen LogP contribution in [0.3, 0.4) is 0 Å². The van der Waals surface area contributed by atoms with E-state index in [2.05, 4.69) is 6.92 Å². The summed E-state index contributed by atoms with van der Waals surface area (Å²) in [7, 11) is 0. The molecular formula is C7H16. The highest BCUT2D eigenvalue weighted by Gasteiger charge is 1.80. The first-order valence-corrected chi connectivity index (χ1v) is 3.21. The van der Waals surface area contributed by atoms with Gasteiger partial charge in [0, 0.05) is 1.37 Å². The molecule has 0 aromatic carbocycles. The van der Waals surface area contributed by atoms with E-state index in [-0.39, 0.29) is 0 Å². The van der Waals surface area contributed by atoms with Gasteiger partial charge >= 0.3 is 0 Å². The maximum absolute atomic E-state index is 6.84. The van der Waals surface area contributed by atoms with Crippen molar-refractivity contribution < 1.29 is 1.37 Å². The van der Waals surface area contributed by atoms with Gasteiger partial charge in [0.05, 0.1) is 0 Å². The lowest BCUT2D eigenvalue weighted by Crippen LogP contribution is -1.70. The lowest BCUT2D eigenvalue weighted by atomic mass is 10.2. The lowest BCUT2D eigenvalue weighted by Gasteiger charge is -1.90. The molecule has 0 aromatic heterocycles. The summed E-state index contributed by atoms with van der Waals surface area (Å²) in [5.41, 5.74) is 0. The van der Waals surface area contributed by atoms with Gasteiger partial charge in [-0.05, 0) is 0 Å². The van der Waals surface area contributed by atoms with Crippen LogP contribution in [0.4, 0.5) is 0 Å². The summed E-state index contributed by atoms with van der Waals surface area (Å²) in [6.45, 7) is 2.82. The van der Waals surface area contributed by atoms with Crippen LogP contribution in [0.15, 0.2) is 0 Å². The number of unbranched alkanes of at least 4 members (excludes halogenated alkanes) is 4. The molecule has 0 aliphatic rings. The van der Waals surface area contributed by atoms with Crippen molar-refractivity contribution >= 4 is 0 Å². The van der Waals surface area contributed by atoms with Gasteiger partial charge in [-0.3, -0.25) is 0 Å². The molecule has 0 saturated carbocycles. The smallest absolute Gasteiger partial charge is 0.0230 e. The Labute approximate surface area is 48.3 Å². The summed E-state index contributed by atoms with van der Waals surface area (Å²) < 4.78 is 6.84. The first kappa shape index (κ1) is 5.14. The highest BCUT2D eigenvalue weighted by Crippen LogP contribution is 2.00. The second-order valence-electron chi connectivity index (χ2n) is 1.91. The molecule has 0 spiro atoms. The standard InChI is InChI=1S/C7H16/c1-3-5-7-6-4-2/h3-7H2,1-2H3/i1D. The normalized spacial score (nSPS) is 11.3. The van der Waals surface area contributed by atoms with Crippen LogP contribution in [0, 0.1) is 0 Å². The monoisotopic (exact) mass is 101 g/mol. The van der Waals surface area contributed by atoms with Gasteiger partial charge < -0.3 is 0 Å². The van der Waals surface area contributed by atoms with Gasteiger partial charge in [0.1, 0.15) is 0 Å². The Hall–Kier alpha value is 0. The van der Waals surface area contributed by atoms with Crippen LogP contribution >= 0.6 is 0 Å². The predicted octanol–water partition coefficient (Wildman–Crippen LogP) is 2.98. The molecule has 0 heteroatoms. The van der Waals surface area contributed by atoms with Gasteiger partial charge in [-0.15, -0.1) is 0 Å². The Bertz CT molecular complexity index is 29.4. The number of rotatable bonds is 4. The van der Waals surface area contributed by atoms with E-state index in [9.17, 15) is 0 Å². The van der Waals surface area contributed by atoms with Gasteiger partial charge in [-0.1, -0.05) is 45.9 Å².